The summed E-state index contributed by atoms with van der Waals surface area (Å²) in [5.41, 5.74) is 0. The molecule has 1 N–H and O–H groups in total. The van der Waals surface area contributed by atoms with Gasteiger partial charge in [0, 0.05) is 12.6 Å². The van der Waals surface area contributed by atoms with Crippen molar-refractivity contribution in [3.05, 3.63) is 9.66 Å². The van der Waals surface area contributed by atoms with Crippen LogP contribution in [0, 0.1) is 5.41 Å². The van der Waals surface area contributed by atoms with Gasteiger partial charge in [-0.2, -0.15) is 0 Å². The molecule has 0 unspecified atom stereocenters. The summed E-state index contributed by atoms with van der Waals surface area (Å²) in [4.78, 5) is 3.76. The van der Waals surface area contributed by atoms with E-state index in [0.29, 0.717) is 5.84 Å². The molecule has 0 aromatic heterocycles. The molecule has 0 aromatic carbocycles. The van der Waals surface area contributed by atoms with E-state index in [9.17, 15) is 0 Å². The highest BCUT2D eigenvalue weighted by Crippen LogP contribution is 2.12. The van der Waals surface area contributed by atoms with Gasteiger partial charge in [-0.25, -0.2) is 4.99 Å². The van der Waals surface area contributed by atoms with Crippen molar-refractivity contribution < 1.29 is 0 Å². The van der Waals surface area contributed by atoms with Crippen molar-refractivity contribution in [2.24, 2.45) is 4.99 Å². The molecule has 0 aliphatic carbocycles. The first kappa shape index (κ1) is 5.94. The highest BCUT2D eigenvalue weighted by molar-refractivity contribution is 14.1. The third-order valence-corrected chi connectivity index (χ3v) is 1.56. The Morgan fingerprint density at radius 3 is 2.88 bits per heavy atom. The van der Waals surface area contributed by atoms with Gasteiger partial charge in [0.05, 0.1) is 0 Å². The fraction of sp³-hybridized carbons (Fsp3) is 0.200. The van der Waals surface area contributed by atoms with Gasteiger partial charge in [-0.15, -0.1) is 0 Å². The van der Waals surface area contributed by atoms with Crippen LogP contribution in [0.25, 0.3) is 0 Å². The molecule has 42 valence electrons. The molecule has 0 radical (unpaired) electrons. The zero-order chi connectivity index (χ0) is 5.98. The quantitative estimate of drug-likeness (QED) is 0.604. The second kappa shape index (κ2) is 2.39. The molecule has 0 amide bonds. The van der Waals surface area contributed by atoms with Gasteiger partial charge in [-0.3, -0.25) is 5.41 Å². The smallest absolute Gasteiger partial charge is 0.144 e. The molecular formula is C5H5IN2. The van der Waals surface area contributed by atoms with Crippen LogP contribution >= 0.6 is 22.6 Å². The van der Waals surface area contributed by atoms with Gasteiger partial charge in [0.25, 0.3) is 0 Å². The van der Waals surface area contributed by atoms with Crippen molar-refractivity contribution >= 4 is 34.6 Å². The molecule has 1 aliphatic rings. The molecule has 0 bridgehead atoms. The van der Waals surface area contributed by atoms with Crippen LogP contribution in [0.2, 0.25) is 0 Å². The number of allylic oxidation sites excluding steroid dienone is 1. The normalized spacial score (nSPS) is 18.6. The van der Waals surface area contributed by atoms with Crippen molar-refractivity contribution in [2.45, 2.75) is 6.42 Å². The largest absolute Gasteiger partial charge is 0.283 e. The molecule has 0 atom stereocenters. The molecular weight excluding hydrogens is 215 g/mol. The average molecular weight is 220 g/mol. The zero-order valence-corrected chi connectivity index (χ0v) is 6.34. The number of dihydropyridines is 1. The van der Waals surface area contributed by atoms with E-state index in [1.165, 1.54) is 3.58 Å². The van der Waals surface area contributed by atoms with Gasteiger partial charge in [-0.05, 0) is 32.2 Å². The van der Waals surface area contributed by atoms with Crippen molar-refractivity contribution in [2.75, 3.05) is 0 Å². The number of nitrogens with zero attached hydrogens (tertiary/aromatic N) is 1. The summed E-state index contributed by atoms with van der Waals surface area (Å²) in [7, 11) is 0. The van der Waals surface area contributed by atoms with E-state index in [-0.39, 0.29) is 0 Å². The number of nitrogens with one attached hydrogen (secondary N) is 1. The number of hydrogen-bond acceptors (Lipinski definition) is 1. The number of aliphatic imine (C=N–C) groups is 1. The first-order chi connectivity index (χ1) is 3.79. The van der Waals surface area contributed by atoms with E-state index in [1.807, 2.05) is 0 Å². The summed E-state index contributed by atoms with van der Waals surface area (Å²) in [5, 5.41) is 7.04. The predicted molar refractivity (Wildman–Crippen MR) is 42.9 cm³/mol. The molecule has 0 saturated heterocycles. The zero-order valence-electron chi connectivity index (χ0n) is 4.19. The molecule has 8 heavy (non-hydrogen) atoms. The van der Waals surface area contributed by atoms with Gasteiger partial charge >= 0.3 is 0 Å². The number of halogens is 1. The van der Waals surface area contributed by atoms with Crippen LogP contribution in [-0.4, -0.2) is 12.1 Å². The summed E-state index contributed by atoms with van der Waals surface area (Å²) in [6.45, 7) is 0. The van der Waals surface area contributed by atoms with Crippen LogP contribution in [0.15, 0.2) is 14.6 Å². The van der Waals surface area contributed by atoms with Crippen molar-refractivity contribution in [1.29, 1.82) is 5.41 Å². The monoisotopic (exact) mass is 220 g/mol. The third kappa shape index (κ3) is 1.40. The van der Waals surface area contributed by atoms with E-state index in [1.54, 1.807) is 12.3 Å². The molecule has 0 spiro atoms. The van der Waals surface area contributed by atoms with Crippen LogP contribution in [0.5, 0.6) is 0 Å². The lowest BCUT2D eigenvalue weighted by atomic mass is 10.3. The lowest BCUT2D eigenvalue weighted by Gasteiger charge is -1.97. The van der Waals surface area contributed by atoms with Gasteiger partial charge in [-0.1, -0.05) is 0 Å². The minimum absolute atomic E-state index is 0.362. The second-order valence-electron chi connectivity index (χ2n) is 1.49. The van der Waals surface area contributed by atoms with Crippen LogP contribution in [0.3, 0.4) is 0 Å². The Kier molecular flexibility index (Phi) is 1.77. The Morgan fingerprint density at radius 1 is 1.75 bits per heavy atom. The SMILES string of the molecule is N=C1C=C(I)CC=N1. The van der Waals surface area contributed by atoms with Gasteiger partial charge < -0.3 is 0 Å². The maximum Gasteiger partial charge on any atom is 0.144 e. The van der Waals surface area contributed by atoms with Crippen molar-refractivity contribution in [3.8, 4) is 0 Å². The van der Waals surface area contributed by atoms with Crippen LogP contribution < -0.4 is 0 Å². The van der Waals surface area contributed by atoms with E-state index in [2.05, 4.69) is 27.6 Å². The fourth-order valence-corrected chi connectivity index (χ4v) is 0.968. The summed E-state index contributed by atoms with van der Waals surface area (Å²) in [5.74, 6) is 0.362. The summed E-state index contributed by atoms with van der Waals surface area (Å²) in [6, 6.07) is 0. The Bertz CT molecular complexity index is 169. The Labute approximate surface area is 61.3 Å². The lowest BCUT2D eigenvalue weighted by molar-refractivity contribution is 1.39. The number of rotatable bonds is 0. The van der Waals surface area contributed by atoms with E-state index >= 15 is 0 Å². The van der Waals surface area contributed by atoms with Crippen LogP contribution in [-0.2, 0) is 0 Å². The molecule has 0 saturated carbocycles. The Morgan fingerprint density at radius 2 is 2.50 bits per heavy atom. The standard InChI is InChI=1S/C5H5IN2/c6-4-1-2-8-5(7)3-4/h2-3,7H,1H2. The predicted octanol–water partition coefficient (Wildman–Crippen LogP) is 1.76. The Hall–Kier alpha value is -0.190. The molecule has 0 aromatic rings. The van der Waals surface area contributed by atoms with E-state index < -0.39 is 0 Å². The molecule has 1 rings (SSSR count). The van der Waals surface area contributed by atoms with Crippen molar-refractivity contribution in [3.63, 3.8) is 0 Å². The second-order valence-corrected chi connectivity index (χ2v) is 2.88. The first-order valence-electron chi connectivity index (χ1n) is 2.26. The van der Waals surface area contributed by atoms with Gasteiger partial charge in [0.2, 0.25) is 0 Å². The molecule has 0 fully saturated rings. The maximum absolute atomic E-state index is 7.04. The van der Waals surface area contributed by atoms with Crippen LogP contribution in [0.1, 0.15) is 6.42 Å². The van der Waals surface area contributed by atoms with Crippen LogP contribution in [0.4, 0.5) is 0 Å². The Balaban J connectivity index is 2.74. The molecule has 1 heterocycles. The summed E-state index contributed by atoms with van der Waals surface area (Å²) < 4.78 is 1.18. The van der Waals surface area contributed by atoms with E-state index in [4.69, 9.17) is 5.41 Å². The maximum atomic E-state index is 7.04. The minimum Gasteiger partial charge on any atom is -0.283 e. The third-order valence-electron chi connectivity index (χ3n) is 0.810. The first-order valence-corrected chi connectivity index (χ1v) is 3.34. The molecule has 1 aliphatic heterocycles. The summed E-state index contributed by atoms with van der Waals surface area (Å²) >= 11 is 2.20. The fourth-order valence-electron chi connectivity index (χ4n) is 0.476. The highest BCUT2D eigenvalue weighted by atomic mass is 127. The number of amidine groups is 1. The van der Waals surface area contributed by atoms with Gasteiger partial charge in [0.1, 0.15) is 5.84 Å². The molecule has 3 heteroatoms. The van der Waals surface area contributed by atoms with Gasteiger partial charge in [0.15, 0.2) is 0 Å². The average Bonchev–Trinajstić information content (AvgIpc) is 1.64. The topological polar surface area (TPSA) is 36.2 Å². The highest BCUT2D eigenvalue weighted by Gasteiger charge is 1.96. The number of hydrogen-bond donors (Lipinski definition) is 1. The summed E-state index contributed by atoms with van der Waals surface area (Å²) in [6.07, 6.45) is 4.41. The molecule has 2 nitrogen and oxygen atoms in total. The lowest BCUT2D eigenvalue weighted by Crippen LogP contribution is -1.93. The van der Waals surface area contributed by atoms with Crippen molar-refractivity contribution in [1.82, 2.24) is 0 Å². The van der Waals surface area contributed by atoms with E-state index in [0.717, 1.165) is 6.42 Å². The minimum atomic E-state index is 0.362.